The van der Waals surface area contributed by atoms with Crippen molar-refractivity contribution in [1.29, 1.82) is 0 Å². The quantitative estimate of drug-likeness (QED) is 0.584. The maximum Gasteiger partial charge on any atom is 0.417 e. The van der Waals surface area contributed by atoms with Crippen LogP contribution in [0.4, 0.5) is 21.1 Å². The maximum atomic E-state index is 13.6. The minimum Gasteiger partial charge on any atom is -0.447 e. The van der Waals surface area contributed by atoms with Crippen molar-refractivity contribution in [1.82, 2.24) is 19.9 Å². The molecule has 1 aliphatic rings. The molecule has 4 rings (SSSR count). The van der Waals surface area contributed by atoms with Gasteiger partial charge in [0.1, 0.15) is 18.8 Å². The van der Waals surface area contributed by atoms with Crippen molar-refractivity contribution in [3.05, 3.63) is 64.0 Å². The van der Waals surface area contributed by atoms with Crippen LogP contribution in [0, 0.1) is 18.7 Å². The molecule has 1 fully saturated rings. The number of carbonyl (C=O) groups excluding carboxylic acids is 1. The third kappa shape index (κ3) is 4.55. The standard InChI is InChI=1S/C23H25FN6O3/c1-12(2)19-10-33-23(32)30(19)22-26-11-25-21(29-22)27-14(4)16-6-8-18(28-20(16)31)15-5-7-17(24)13(3)9-15/h5-9,11-12,14,19H,10H2,1-4H3,(H,28,31)(H,25,26,27,29)/t14-,19?/m0/s1. The zero-order valence-corrected chi connectivity index (χ0v) is 18.8. The molecule has 2 N–H and O–H groups in total. The number of amides is 1. The van der Waals surface area contributed by atoms with Crippen LogP contribution in [0.1, 0.15) is 37.9 Å². The topological polar surface area (TPSA) is 113 Å². The van der Waals surface area contributed by atoms with Crippen LogP contribution in [0.2, 0.25) is 0 Å². The first-order chi connectivity index (χ1) is 15.7. The molecule has 0 saturated carbocycles. The van der Waals surface area contributed by atoms with E-state index in [2.05, 4.69) is 25.3 Å². The second-order valence-corrected chi connectivity index (χ2v) is 8.35. The number of anilines is 2. The summed E-state index contributed by atoms with van der Waals surface area (Å²) < 4.78 is 18.7. The molecule has 0 bridgehead atoms. The van der Waals surface area contributed by atoms with E-state index < -0.39 is 12.1 Å². The molecular formula is C23H25FN6O3. The smallest absolute Gasteiger partial charge is 0.417 e. The molecule has 1 aromatic carbocycles. The Morgan fingerprint density at radius 1 is 1.18 bits per heavy atom. The fraction of sp³-hybridized carbons (Fsp3) is 0.348. The van der Waals surface area contributed by atoms with Gasteiger partial charge < -0.3 is 15.0 Å². The Kier molecular flexibility index (Phi) is 6.08. The number of aromatic amines is 1. The largest absolute Gasteiger partial charge is 0.447 e. The molecule has 0 spiro atoms. The van der Waals surface area contributed by atoms with E-state index in [1.807, 2.05) is 13.8 Å². The van der Waals surface area contributed by atoms with Gasteiger partial charge in [-0.05, 0) is 61.2 Å². The van der Waals surface area contributed by atoms with Gasteiger partial charge in [0.25, 0.3) is 5.56 Å². The number of benzene rings is 1. The van der Waals surface area contributed by atoms with E-state index in [1.54, 1.807) is 38.1 Å². The number of carbonyl (C=O) groups is 1. The predicted molar refractivity (Wildman–Crippen MR) is 122 cm³/mol. The number of ether oxygens (including phenoxy) is 1. The van der Waals surface area contributed by atoms with E-state index in [-0.39, 0.29) is 41.8 Å². The fourth-order valence-electron chi connectivity index (χ4n) is 3.71. The van der Waals surface area contributed by atoms with Gasteiger partial charge in [-0.25, -0.2) is 24.1 Å². The van der Waals surface area contributed by atoms with Crippen LogP contribution in [0.5, 0.6) is 0 Å². The second kappa shape index (κ2) is 8.97. The van der Waals surface area contributed by atoms with Gasteiger partial charge in [0, 0.05) is 11.3 Å². The van der Waals surface area contributed by atoms with Crippen LogP contribution in [0.15, 0.2) is 41.5 Å². The molecule has 1 aliphatic heterocycles. The summed E-state index contributed by atoms with van der Waals surface area (Å²) in [6, 6.07) is 7.55. The number of pyridine rings is 1. The number of rotatable bonds is 6. The molecule has 10 heteroatoms. The normalized spacial score (nSPS) is 16.7. The molecule has 3 heterocycles. The monoisotopic (exact) mass is 452 g/mol. The summed E-state index contributed by atoms with van der Waals surface area (Å²) in [6.07, 6.45) is 0.812. The summed E-state index contributed by atoms with van der Waals surface area (Å²) in [7, 11) is 0. The number of halogens is 1. The molecule has 0 radical (unpaired) electrons. The minimum atomic E-state index is -0.498. The highest BCUT2D eigenvalue weighted by atomic mass is 19.1. The van der Waals surface area contributed by atoms with E-state index in [1.165, 1.54) is 17.3 Å². The number of hydrogen-bond donors (Lipinski definition) is 2. The van der Waals surface area contributed by atoms with Gasteiger partial charge in [-0.1, -0.05) is 13.8 Å². The molecule has 9 nitrogen and oxygen atoms in total. The Balaban J connectivity index is 1.54. The van der Waals surface area contributed by atoms with Crippen LogP contribution < -0.4 is 15.8 Å². The van der Waals surface area contributed by atoms with Crippen LogP contribution in [-0.2, 0) is 4.74 Å². The summed E-state index contributed by atoms with van der Waals surface area (Å²) in [5, 5.41) is 3.09. The van der Waals surface area contributed by atoms with Crippen LogP contribution >= 0.6 is 0 Å². The Bertz CT molecular complexity index is 1240. The van der Waals surface area contributed by atoms with Crippen molar-refractivity contribution in [2.45, 2.75) is 39.8 Å². The summed E-state index contributed by atoms with van der Waals surface area (Å²) in [5.41, 5.74) is 2.00. The first kappa shape index (κ1) is 22.4. The highest BCUT2D eigenvalue weighted by Gasteiger charge is 2.38. The molecule has 172 valence electrons. The molecule has 1 unspecified atom stereocenters. The Labute approximate surface area is 190 Å². The number of cyclic esters (lactones) is 1. The van der Waals surface area contributed by atoms with Crippen molar-refractivity contribution in [3.8, 4) is 11.3 Å². The van der Waals surface area contributed by atoms with Crippen LogP contribution in [0.25, 0.3) is 11.3 Å². The average Bonchev–Trinajstić information content (AvgIpc) is 3.17. The molecule has 2 atom stereocenters. The SMILES string of the molecule is Cc1cc(-c2ccc([C@H](C)Nc3ncnc(N4C(=O)OCC4C(C)C)n3)c(=O)[nH]2)ccc1F. The molecule has 33 heavy (non-hydrogen) atoms. The molecule has 0 aliphatic carbocycles. The van der Waals surface area contributed by atoms with Crippen molar-refractivity contribution < 1.29 is 13.9 Å². The average molecular weight is 452 g/mol. The van der Waals surface area contributed by atoms with Crippen LogP contribution in [-0.4, -0.2) is 38.7 Å². The third-order valence-electron chi connectivity index (χ3n) is 5.67. The Morgan fingerprint density at radius 2 is 1.97 bits per heavy atom. The van der Waals surface area contributed by atoms with E-state index in [4.69, 9.17) is 4.74 Å². The summed E-state index contributed by atoms with van der Waals surface area (Å²) in [5.74, 6) is 0.281. The lowest BCUT2D eigenvalue weighted by atomic mass is 10.1. The summed E-state index contributed by atoms with van der Waals surface area (Å²) in [4.78, 5) is 41.8. The van der Waals surface area contributed by atoms with E-state index in [9.17, 15) is 14.0 Å². The minimum absolute atomic E-state index is 0.158. The van der Waals surface area contributed by atoms with Gasteiger partial charge in [-0.3, -0.25) is 4.79 Å². The van der Waals surface area contributed by atoms with Gasteiger partial charge >= 0.3 is 6.09 Å². The summed E-state index contributed by atoms with van der Waals surface area (Å²) >= 11 is 0. The number of aromatic nitrogens is 4. The highest BCUT2D eigenvalue weighted by Crippen LogP contribution is 2.25. The van der Waals surface area contributed by atoms with Crippen molar-refractivity contribution in [2.24, 2.45) is 5.92 Å². The highest BCUT2D eigenvalue weighted by molar-refractivity contribution is 5.88. The zero-order chi connectivity index (χ0) is 23.7. The molecule has 1 saturated heterocycles. The van der Waals surface area contributed by atoms with Gasteiger partial charge in [0.15, 0.2) is 0 Å². The number of H-pyrrole nitrogens is 1. The van der Waals surface area contributed by atoms with Gasteiger partial charge in [0.2, 0.25) is 11.9 Å². The third-order valence-corrected chi connectivity index (χ3v) is 5.67. The maximum absolute atomic E-state index is 13.6. The number of nitrogens with one attached hydrogen (secondary N) is 2. The van der Waals surface area contributed by atoms with Gasteiger partial charge in [-0.15, -0.1) is 0 Å². The molecular weight excluding hydrogens is 427 g/mol. The molecule has 1 amide bonds. The zero-order valence-electron chi connectivity index (χ0n) is 18.8. The van der Waals surface area contributed by atoms with Crippen LogP contribution in [0.3, 0.4) is 0 Å². The lowest BCUT2D eigenvalue weighted by molar-refractivity contribution is 0.177. The number of nitrogens with zero attached hydrogens (tertiary/aromatic N) is 4. The van der Waals surface area contributed by atoms with Gasteiger partial charge in [-0.2, -0.15) is 4.98 Å². The fourth-order valence-corrected chi connectivity index (χ4v) is 3.71. The Hall–Kier alpha value is -3.82. The second-order valence-electron chi connectivity index (χ2n) is 8.35. The first-order valence-corrected chi connectivity index (χ1v) is 10.7. The van der Waals surface area contributed by atoms with Crippen molar-refractivity contribution in [3.63, 3.8) is 0 Å². The van der Waals surface area contributed by atoms with Gasteiger partial charge in [0.05, 0.1) is 12.1 Å². The van der Waals surface area contributed by atoms with E-state index >= 15 is 0 Å². The van der Waals surface area contributed by atoms with Crippen molar-refractivity contribution >= 4 is 18.0 Å². The van der Waals surface area contributed by atoms with E-state index in [0.717, 1.165) is 5.56 Å². The predicted octanol–water partition coefficient (Wildman–Crippen LogP) is 3.83. The lowest BCUT2D eigenvalue weighted by Gasteiger charge is -2.22. The molecule has 3 aromatic rings. The number of aryl methyl sites for hydroxylation is 1. The Morgan fingerprint density at radius 3 is 2.67 bits per heavy atom. The first-order valence-electron chi connectivity index (χ1n) is 10.7. The number of hydrogen-bond acceptors (Lipinski definition) is 7. The van der Waals surface area contributed by atoms with E-state index in [0.29, 0.717) is 16.8 Å². The van der Waals surface area contributed by atoms with Crippen molar-refractivity contribution in [2.75, 3.05) is 16.8 Å². The molecule has 2 aromatic heterocycles. The summed E-state index contributed by atoms with van der Waals surface area (Å²) in [6.45, 7) is 7.73. The lowest BCUT2D eigenvalue weighted by Crippen LogP contribution is -2.38.